The van der Waals surface area contributed by atoms with E-state index in [1.54, 1.807) is 24.3 Å². The third kappa shape index (κ3) is 4.50. The third-order valence-corrected chi connectivity index (χ3v) is 1.86. The van der Waals surface area contributed by atoms with Gasteiger partial charge >= 0.3 is 0 Å². The third-order valence-electron chi connectivity index (χ3n) is 1.86. The number of para-hydroxylation sites is 1. The molecule has 0 aliphatic carbocycles. The summed E-state index contributed by atoms with van der Waals surface area (Å²) in [5.41, 5.74) is 0.642. The van der Waals surface area contributed by atoms with Gasteiger partial charge in [0.05, 0.1) is 12.8 Å². The molecule has 0 radical (unpaired) electrons. The number of hydrogen-bond acceptors (Lipinski definition) is 3. The van der Waals surface area contributed by atoms with Gasteiger partial charge in [-0.3, -0.25) is 14.4 Å². The lowest BCUT2D eigenvalue weighted by Crippen LogP contribution is -2.17. The maximum absolute atomic E-state index is 11.4. The van der Waals surface area contributed by atoms with Gasteiger partial charge in [0.15, 0.2) is 0 Å². The molecular formula is C12H13NO3. The highest BCUT2D eigenvalue weighted by Crippen LogP contribution is 2.05. The van der Waals surface area contributed by atoms with Crippen molar-refractivity contribution in [1.82, 2.24) is 0 Å². The fourth-order valence-electron chi connectivity index (χ4n) is 1.25. The Morgan fingerprint density at radius 2 is 1.69 bits per heavy atom. The fourth-order valence-corrected chi connectivity index (χ4v) is 1.25. The first-order chi connectivity index (χ1) is 7.58. The lowest BCUT2D eigenvalue weighted by atomic mass is 10.1. The number of carbonyl (C=O) groups is 3. The van der Waals surface area contributed by atoms with Gasteiger partial charge in [0.25, 0.3) is 0 Å². The van der Waals surface area contributed by atoms with Crippen molar-refractivity contribution in [2.75, 3.05) is 5.32 Å². The van der Waals surface area contributed by atoms with Crippen molar-refractivity contribution >= 4 is 23.2 Å². The predicted octanol–water partition coefficient (Wildman–Crippen LogP) is 1.56. The van der Waals surface area contributed by atoms with Crippen LogP contribution >= 0.6 is 0 Å². The monoisotopic (exact) mass is 219 g/mol. The van der Waals surface area contributed by atoms with Crippen LogP contribution < -0.4 is 5.32 Å². The quantitative estimate of drug-likeness (QED) is 0.764. The first-order valence-electron chi connectivity index (χ1n) is 4.94. The van der Waals surface area contributed by atoms with Gasteiger partial charge in [0.2, 0.25) is 5.91 Å². The molecule has 4 nitrogen and oxygen atoms in total. The largest absolute Gasteiger partial charge is 0.326 e. The summed E-state index contributed by atoms with van der Waals surface area (Å²) >= 11 is 0. The molecule has 1 N–H and O–H groups in total. The molecule has 0 aromatic heterocycles. The summed E-state index contributed by atoms with van der Waals surface area (Å²) in [5, 5.41) is 2.57. The Morgan fingerprint density at radius 3 is 2.25 bits per heavy atom. The zero-order valence-electron chi connectivity index (χ0n) is 9.03. The standard InChI is InChI=1S/C12H13NO3/c1-9(14)7-11(15)8-12(16)13-10-5-3-2-4-6-10/h2-6H,7-8H2,1H3,(H,13,16). The normalized spacial score (nSPS) is 9.56. The second-order valence-corrected chi connectivity index (χ2v) is 3.51. The molecular weight excluding hydrogens is 206 g/mol. The van der Waals surface area contributed by atoms with E-state index in [-0.39, 0.29) is 24.4 Å². The summed E-state index contributed by atoms with van der Waals surface area (Å²) in [6, 6.07) is 8.86. The predicted molar refractivity (Wildman–Crippen MR) is 60.0 cm³/mol. The minimum Gasteiger partial charge on any atom is -0.326 e. The Bertz CT molecular complexity index is 398. The molecule has 0 heterocycles. The van der Waals surface area contributed by atoms with Crippen LogP contribution in [0.2, 0.25) is 0 Å². The first-order valence-corrected chi connectivity index (χ1v) is 4.94. The SMILES string of the molecule is CC(=O)CC(=O)CC(=O)Nc1ccccc1. The van der Waals surface area contributed by atoms with Crippen molar-refractivity contribution in [2.24, 2.45) is 0 Å². The lowest BCUT2D eigenvalue weighted by Gasteiger charge is -2.03. The number of carbonyl (C=O) groups excluding carboxylic acids is 3. The minimum atomic E-state index is -0.391. The lowest BCUT2D eigenvalue weighted by molar-refractivity contribution is -0.128. The van der Waals surface area contributed by atoms with Gasteiger partial charge in [-0.05, 0) is 19.1 Å². The summed E-state index contributed by atoms with van der Waals surface area (Å²) in [4.78, 5) is 33.2. The van der Waals surface area contributed by atoms with Crippen LogP contribution in [0.15, 0.2) is 30.3 Å². The highest BCUT2D eigenvalue weighted by atomic mass is 16.2. The average molecular weight is 219 g/mol. The highest BCUT2D eigenvalue weighted by Gasteiger charge is 2.11. The summed E-state index contributed by atoms with van der Waals surface area (Å²) in [5.74, 6) is -0.976. The molecule has 0 saturated heterocycles. The van der Waals surface area contributed by atoms with Gasteiger partial charge in [-0.2, -0.15) is 0 Å². The number of hydrogen-bond donors (Lipinski definition) is 1. The van der Waals surface area contributed by atoms with Gasteiger partial charge in [0.1, 0.15) is 11.6 Å². The molecule has 1 aromatic carbocycles. The zero-order valence-corrected chi connectivity index (χ0v) is 9.03. The van der Waals surface area contributed by atoms with E-state index in [9.17, 15) is 14.4 Å². The molecule has 0 aliphatic rings. The van der Waals surface area contributed by atoms with Crippen LogP contribution in [0.25, 0.3) is 0 Å². The molecule has 0 atom stereocenters. The van der Waals surface area contributed by atoms with Crippen LogP contribution in [0.1, 0.15) is 19.8 Å². The van der Waals surface area contributed by atoms with Crippen molar-refractivity contribution in [3.8, 4) is 0 Å². The average Bonchev–Trinajstić information content (AvgIpc) is 2.17. The Kier molecular flexibility index (Phi) is 4.39. The Balaban J connectivity index is 2.42. The molecule has 84 valence electrons. The van der Waals surface area contributed by atoms with Crippen molar-refractivity contribution < 1.29 is 14.4 Å². The maximum Gasteiger partial charge on any atom is 0.231 e. The summed E-state index contributed by atoms with van der Waals surface area (Å²) in [6.07, 6.45) is -0.434. The van der Waals surface area contributed by atoms with Crippen LogP contribution in [0.3, 0.4) is 0 Å². The van der Waals surface area contributed by atoms with Crippen LogP contribution in [-0.4, -0.2) is 17.5 Å². The Hall–Kier alpha value is -1.97. The number of rotatable bonds is 5. The molecule has 0 bridgehead atoms. The van der Waals surface area contributed by atoms with E-state index < -0.39 is 5.91 Å². The molecule has 0 unspecified atom stereocenters. The molecule has 0 aliphatic heterocycles. The van der Waals surface area contributed by atoms with E-state index in [1.807, 2.05) is 6.07 Å². The van der Waals surface area contributed by atoms with Gasteiger partial charge in [-0.15, -0.1) is 0 Å². The second-order valence-electron chi connectivity index (χ2n) is 3.51. The van der Waals surface area contributed by atoms with Crippen molar-refractivity contribution in [2.45, 2.75) is 19.8 Å². The summed E-state index contributed by atoms with van der Waals surface area (Å²) in [6.45, 7) is 1.33. The van der Waals surface area contributed by atoms with Gasteiger partial charge in [0, 0.05) is 5.69 Å². The molecule has 1 aromatic rings. The van der Waals surface area contributed by atoms with Crippen molar-refractivity contribution in [3.63, 3.8) is 0 Å². The second kappa shape index (κ2) is 5.80. The van der Waals surface area contributed by atoms with Crippen LogP contribution in [0.4, 0.5) is 5.69 Å². The number of nitrogens with one attached hydrogen (secondary N) is 1. The number of Topliss-reactive ketones (excluding diaryl/α,β-unsaturated/α-hetero) is 2. The van der Waals surface area contributed by atoms with Crippen molar-refractivity contribution in [1.29, 1.82) is 0 Å². The Morgan fingerprint density at radius 1 is 1.06 bits per heavy atom. The molecule has 1 amide bonds. The van der Waals surface area contributed by atoms with Crippen molar-refractivity contribution in [3.05, 3.63) is 30.3 Å². The maximum atomic E-state index is 11.4. The van der Waals surface area contributed by atoms with E-state index in [1.165, 1.54) is 6.92 Å². The van der Waals surface area contributed by atoms with E-state index in [2.05, 4.69) is 5.32 Å². The topological polar surface area (TPSA) is 63.2 Å². The fraction of sp³-hybridized carbons (Fsp3) is 0.250. The number of ketones is 2. The molecule has 0 saturated carbocycles. The summed E-state index contributed by atoms with van der Waals surface area (Å²) < 4.78 is 0. The number of amides is 1. The first kappa shape index (κ1) is 12.1. The van der Waals surface area contributed by atoms with E-state index >= 15 is 0 Å². The molecule has 0 spiro atoms. The smallest absolute Gasteiger partial charge is 0.231 e. The number of benzene rings is 1. The van der Waals surface area contributed by atoms with Gasteiger partial charge < -0.3 is 5.32 Å². The van der Waals surface area contributed by atoms with E-state index in [0.717, 1.165) is 0 Å². The molecule has 4 heteroatoms. The summed E-state index contributed by atoms with van der Waals surface area (Å²) in [7, 11) is 0. The van der Waals surface area contributed by atoms with Gasteiger partial charge in [-0.1, -0.05) is 18.2 Å². The highest BCUT2D eigenvalue weighted by molar-refractivity contribution is 6.09. The van der Waals surface area contributed by atoms with E-state index in [0.29, 0.717) is 5.69 Å². The van der Waals surface area contributed by atoms with Crippen LogP contribution in [0, 0.1) is 0 Å². The molecule has 0 fully saturated rings. The van der Waals surface area contributed by atoms with Gasteiger partial charge in [-0.25, -0.2) is 0 Å². The number of anilines is 1. The van der Waals surface area contributed by atoms with Crippen LogP contribution in [0.5, 0.6) is 0 Å². The zero-order chi connectivity index (χ0) is 12.0. The molecule has 1 rings (SSSR count). The Labute approximate surface area is 93.7 Å². The minimum absolute atomic E-state index is 0.178. The van der Waals surface area contributed by atoms with E-state index in [4.69, 9.17) is 0 Å². The molecule has 16 heavy (non-hydrogen) atoms. The van der Waals surface area contributed by atoms with Crippen LogP contribution in [-0.2, 0) is 14.4 Å².